The summed E-state index contributed by atoms with van der Waals surface area (Å²) in [4.78, 5) is 0. The average molecular weight is 268 g/mol. The van der Waals surface area contributed by atoms with E-state index >= 15 is 0 Å². The lowest BCUT2D eigenvalue weighted by atomic mass is 9.88. The van der Waals surface area contributed by atoms with Crippen molar-refractivity contribution in [3.8, 4) is 11.5 Å². The van der Waals surface area contributed by atoms with Crippen LogP contribution in [0.1, 0.15) is 30.9 Å². The first-order valence-electron chi connectivity index (χ1n) is 6.41. The van der Waals surface area contributed by atoms with Crippen molar-refractivity contribution in [1.82, 2.24) is 0 Å². The second kappa shape index (κ2) is 4.04. The van der Waals surface area contributed by atoms with E-state index in [-0.39, 0.29) is 11.5 Å². The molecule has 4 heteroatoms. The lowest BCUT2D eigenvalue weighted by Gasteiger charge is -2.27. The van der Waals surface area contributed by atoms with E-state index in [2.05, 4.69) is 6.92 Å². The molecule has 3 rings (SSSR count). The van der Waals surface area contributed by atoms with E-state index in [0.717, 1.165) is 40.5 Å². The van der Waals surface area contributed by atoms with E-state index in [0.29, 0.717) is 13.2 Å². The first kappa shape index (κ1) is 12.1. The van der Waals surface area contributed by atoms with Gasteiger partial charge in [-0.15, -0.1) is 0 Å². The summed E-state index contributed by atoms with van der Waals surface area (Å²) in [7, 11) is 0. The molecule has 0 saturated heterocycles. The highest BCUT2D eigenvalue weighted by Gasteiger charge is 2.49. The van der Waals surface area contributed by atoms with Crippen molar-refractivity contribution in [2.75, 3.05) is 13.2 Å². The highest BCUT2D eigenvalue weighted by molar-refractivity contribution is 6.32. The number of fused-ring (bicyclic) bond motifs is 1. The molecule has 3 nitrogen and oxygen atoms in total. The van der Waals surface area contributed by atoms with Crippen LogP contribution in [0.25, 0.3) is 0 Å². The molecule has 1 saturated carbocycles. The van der Waals surface area contributed by atoms with Crippen LogP contribution in [0.15, 0.2) is 6.07 Å². The smallest absolute Gasteiger partial charge is 0.165 e. The zero-order valence-corrected chi connectivity index (χ0v) is 11.5. The van der Waals surface area contributed by atoms with Gasteiger partial charge in [-0.1, -0.05) is 11.6 Å². The highest BCUT2D eigenvalue weighted by Crippen LogP contribution is 2.55. The Hall–Kier alpha value is -0.930. The van der Waals surface area contributed by atoms with Crippen LogP contribution in [0, 0.1) is 6.92 Å². The summed E-state index contributed by atoms with van der Waals surface area (Å²) < 4.78 is 11.3. The van der Waals surface area contributed by atoms with Gasteiger partial charge in [-0.25, -0.2) is 0 Å². The Morgan fingerprint density at radius 2 is 2.00 bits per heavy atom. The van der Waals surface area contributed by atoms with Gasteiger partial charge in [0.25, 0.3) is 0 Å². The van der Waals surface area contributed by atoms with Gasteiger partial charge in [0.15, 0.2) is 11.5 Å². The lowest BCUT2D eigenvalue weighted by Crippen LogP contribution is -2.32. The summed E-state index contributed by atoms with van der Waals surface area (Å²) in [5.41, 5.74) is 8.26. The predicted molar refractivity (Wildman–Crippen MR) is 71.7 cm³/mol. The molecule has 1 atom stereocenters. The molecule has 2 N–H and O–H groups in total. The first-order valence-corrected chi connectivity index (χ1v) is 6.79. The normalized spacial score (nSPS) is 21.6. The van der Waals surface area contributed by atoms with Gasteiger partial charge in [0.1, 0.15) is 13.2 Å². The lowest BCUT2D eigenvalue weighted by molar-refractivity contribution is 0.170. The number of benzene rings is 1. The second-order valence-corrected chi connectivity index (χ2v) is 5.71. The third-order valence-electron chi connectivity index (χ3n) is 4.19. The van der Waals surface area contributed by atoms with Gasteiger partial charge in [0, 0.05) is 17.0 Å². The van der Waals surface area contributed by atoms with Crippen molar-refractivity contribution < 1.29 is 9.47 Å². The Balaban J connectivity index is 2.14. The first-order chi connectivity index (χ1) is 8.56. The maximum absolute atomic E-state index is 6.51. The van der Waals surface area contributed by atoms with Gasteiger partial charge < -0.3 is 15.2 Å². The standard InChI is InChI=1S/C14H18ClNO2/c1-8-12(15)10(14(3-4-14)9(2)16)7-11-13(8)18-6-5-17-11/h7,9H,3-6,16H2,1-2H3. The Bertz CT molecular complexity index is 495. The molecule has 0 radical (unpaired) electrons. The molecule has 0 aromatic heterocycles. The minimum absolute atomic E-state index is 0.0394. The Labute approximate surface area is 112 Å². The SMILES string of the molecule is Cc1c(Cl)c(C2(C(C)N)CC2)cc2c1OCCO2. The topological polar surface area (TPSA) is 44.5 Å². The summed E-state index contributed by atoms with van der Waals surface area (Å²) >= 11 is 6.51. The van der Waals surface area contributed by atoms with Crippen molar-refractivity contribution in [2.24, 2.45) is 5.73 Å². The van der Waals surface area contributed by atoms with E-state index in [4.69, 9.17) is 26.8 Å². The highest BCUT2D eigenvalue weighted by atomic mass is 35.5. The quantitative estimate of drug-likeness (QED) is 0.896. The van der Waals surface area contributed by atoms with Crippen LogP contribution in [0.5, 0.6) is 11.5 Å². The van der Waals surface area contributed by atoms with Crippen LogP contribution in [-0.4, -0.2) is 19.3 Å². The van der Waals surface area contributed by atoms with Crippen LogP contribution in [0.2, 0.25) is 5.02 Å². The Kier molecular flexibility index (Phi) is 2.72. The van der Waals surface area contributed by atoms with Crippen LogP contribution in [0.3, 0.4) is 0 Å². The molecule has 2 aliphatic rings. The van der Waals surface area contributed by atoms with Gasteiger partial charge in [-0.05, 0) is 38.3 Å². The van der Waals surface area contributed by atoms with E-state index in [9.17, 15) is 0 Å². The summed E-state index contributed by atoms with van der Waals surface area (Å²) in [6.45, 7) is 5.21. The van der Waals surface area contributed by atoms with Crippen LogP contribution in [0.4, 0.5) is 0 Å². The predicted octanol–water partition coefficient (Wildman–Crippen LogP) is 2.80. The molecule has 0 spiro atoms. The number of rotatable bonds is 2. The van der Waals surface area contributed by atoms with E-state index < -0.39 is 0 Å². The van der Waals surface area contributed by atoms with Crippen LogP contribution < -0.4 is 15.2 Å². The molecule has 1 heterocycles. The molecule has 1 unspecified atom stereocenters. The molecule has 1 aromatic rings. The second-order valence-electron chi connectivity index (χ2n) is 5.33. The molecule has 1 aliphatic heterocycles. The van der Waals surface area contributed by atoms with E-state index in [1.54, 1.807) is 0 Å². The van der Waals surface area contributed by atoms with Crippen molar-refractivity contribution in [3.05, 3.63) is 22.2 Å². The summed E-state index contributed by atoms with van der Waals surface area (Å²) in [5, 5.41) is 0.786. The minimum Gasteiger partial charge on any atom is -0.486 e. The van der Waals surface area contributed by atoms with Gasteiger partial charge in [-0.2, -0.15) is 0 Å². The third kappa shape index (κ3) is 1.61. The van der Waals surface area contributed by atoms with Gasteiger partial charge in [0.05, 0.1) is 5.02 Å². The zero-order chi connectivity index (χ0) is 12.9. The average Bonchev–Trinajstić information content (AvgIpc) is 3.15. The van der Waals surface area contributed by atoms with Gasteiger partial charge >= 0.3 is 0 Å². The number of hydrogen-bond donors (Lipinski definition) is 1. The molecule has 98 valence electrons. The maximum Gasteiger partial charge on any atom is 0.165 e. The largest absolute Gasteiger partial charge is 0.486 e. The maximum atomic E-state index is 6.51. The van der Waals surface area contributed by atoms with Crippen molar-refractivity contribution in [3.63, 3.8) is 0 Å². The van der Waals surface area contributed by atoms with Crippen molar-refractivity contribution >= 4 is 11.6 Å². The zero-order valence-electron chi connectivity index (χ0n) is 10.8. The minimum atomic E-state index is 0.0394. The number of ether oxygens (including phenoxy) is 2. The monoisotopic (exact) mass is 267 g/mol. The summed E-state index contributed by atoms with van der Waals surface area (Å²) in [6, 6.07) is 2.14. The molecule has 1 fully saturated rings. The van der Waals surface area contributed by atoms with Crippen LogP contribution in [-0.2, 0) is 5.41 Å². The molecular weight excluding hydrogens is 250 g/mol. The third-order valence-corrected chi connectivity index (χ3v) is 4.68. The Morgan fingerprint density at radius 3 is 2.61 bits per heavy atom. The number of halogens is 1. The number of hydrogen-bond acceptors (Lipinski definition) is 3. The fraction of sp³-hybridized carbons (Fsp3) is 0.571. The summed E-state index contributed by atoms with van der Waals surface area (Å²) in [6.07, 6.45) is 2.20. The molecule has 18 heavy (non-hydrogen) atoms. The number of nitrogens with two attached hydrogens (primary N) is 1. The molecular formula is C14H18ClNO2. The van der Waals surface area contributed by atoms with E-state index in [1.807, 2.05) is 13.0 Å². The fourth-order valence-electron chi connectivity index (χ4n) is 2.80. The van der Waals surface area contributed by atoms with E-state index in [1.165, 1.54) is 0 Å². The van der Waals surface area contributed by atoms with Gasteiger partial charge in [0.2, 0.25) is 0 Å². The molecule has 0 bridgehead atoms. The van der Waals surface area contributed by atoms with Crippen molar-refractivity contribution in [2.45, 2.75) is 38.1 Å². The molecule has 1 aliphatic carbocycles. The molecule has 0 amide bonds. The van der Waals surface area contributed by atoms with Gasteiger partial charge in [-0.3, -0.25) is 0 Å². The molecule has 1 aromatic carbocycles. The van der Waals surface area contributed by atoms with Crippen LogP contribution >= 0.6 is 11.6 Å². The fourth-order valence-corrected chi connectivity index (χ4v) is 3.12. The Morgan fingerprint density at radius 1 is 1.33 bits per heavy atom. The summed E-state index contributed by atoms with van der Waals surface area (Å²) in [5.74, 6) is 1.60. The van der Waals surface area contributed by atoms with Crippen molar-refractivity contribution in [1.29, 1.82) is 0 Å².